The number of nitrogens with zero attached hydrogens (tertiary/aromatic N) is 2. The maximum absolute atomic E-state index is 12.1. The van der Waals surface area contributed by atoms with Gasteiger partial charge in [0.05, 0.1) is 4.90 Å². The summed E-state index contributed by atoms with van der Waals surface area (Å²) < 4.78 is 26.3. The fourth-order valence-electron chi connectivity index (χ4n) is 2.52. The third-order valence-electron chi connectivity index (χ3n) is 3.73. The van der Waals surface area contributed by atoms with E-state index in [4.69, 9.17) is 5.11 Å². The first-order chi connectivity index (χ1) is 11.7. The summed E-state index contributed by atoms with van der Waals surface area (Å²) in [5, 5.41) is 8.86. The van der Waals surface area contributed by atoms with Crippen molar-refractivity contribution in [2.45, 2.75) is 37.6 Å². The molecule has 0 saturated carbocycles. The van der Waals surface area contributed by atoms with Gasteiger partial charge in [0.1, 0.15) is 12.4 Å². The second-order valence-corrected chi connectivity index (χ2v) is 7.60. The number of hydrogen-bond acceptors (Lipinski definition) is 5. The Hall–Kier alpha value is -2.42. The molecule has 25 heavy (non-hydrogen) atoms. The molecule has 0 aliphatic carbocycles. The zero-order valence-electron chi connectivity index (χ0n) is 14.1. The monoisotopic (exact) mass is 367 g/mol. The first kappa shape index (κ1) is 18.9. The number of carbonyl (C=O) groups excluding carboxylic acids is 1. The minimum Gasteiger partial charge on any atom is -0.480 e. The van der Waals surface area contributed by atoms with E-state index in [0.717, 1.165) is 0 Å². The third kappa shape index (κ3) is 4.56. The highest BCUT2D eigenvalue weighted by Crippen LogP contribution is 2.22. The molecule has 0 bridgehead atoms. The Kier molecular flexibility index (Phi) is 5.78. The molecule has 0 fully saturated rings. The highest BCUT2D eigenvalue weighted by Gasteiger charge is 2.29. The van der Waals surface area contributed by atoms with Crippen LogP contribution in [0.15, 0.2) is 34.2 Å². The molecule has 8 nitrogen and oxygen atoms in total. The minimum absolute atomic E-state index is 0.149. The predicted octanol–water partition coefficient (Wildman–Crippen LogP) is 0.827. The van der Waals surface area contributed by atoms with Crippen LogP contribution < -0.4 is 4.72 Å². The molecule has 2 N–H and O–H groups in total. The summed E-state index contributed by atoms with van der Waals surface area (Å²) in [6.07, 6.45) is 0.547. The van der Waals surface area contributed by atoms with Crippen molar-refractivity contribution in [3.05, 3.63) is 29.8 Å². The van der Waals surface area contributed by atoms with Crippen molar-refractivity contribution >= 4 is 27.7 Å². The molecule has 9 heteroatoms. The van der Waals surface area contributed by atoms with Gasteiger partial charge in [0.25, 0.3) is 10.0 Å². The number of rotatable bonds is 7. The molecule has 1 aliphatic heterocycles. The summed E-state index contributed by atoms with van der Waals surface area (Å²) in [6, 6.07) is 6.35. The number of aliphatic imine (C=N–C) groups is 1. The van der Waals surface area contributed by atoms with Crippen molar-refractivity contribution in [1.29, 1.82) is 0 Å². The molecular formula is C16H21N3O5S. The van der Waals surface area contributed by atoms with Gasteiger partial charge in [0.15, 0.2) is 0 Å². The molecule has 0 saturated heterocycles. The molecule has 0 unspecified atom stereocenters. The van der Waals surface area contributed by atoms with E-state index in [1.165, 1.54) is 11.0 Å². The predicted molar refractivity (Wildman–Crippen MR) is 91.9 cm³/mol. The summed E-state index contributed by atoms with van der Waals surface area (Å²) in [5.41, 5.74) is 0.517. The number of fused-ring (bicyclic) bond motifs is 1. The van der Waals surface area contributed by atoms with Crippen molar-refractivity contribution in [2.75, 3.05) is 13.1 Å². The first-order valence-corrected chi connectivity index (χ1v) is 9.38. The van der Waals surface area contributed by atoms with Crippen molar-refractivity contribution in [1.82, 2.24) is 9.62 Å². The van der Waals surface area contributed by atoms with Crippen LogP contribution in [0.3, 0.4) is 0 Å². The van der Waals surface area contributed by atoms with Gasteiger partial charge >= 0.3 is 5.97 Å². The van der Waals surface area contributed by atoms with Crippen LogP contribution in [0.5, 0.6) is 0 Å². The smallest absolute Gasteiger partial charge is 0.323 e. The zero-order valence-corrected chi connectivity index (χ0v) is 14.9. The minimum atomic E-state index is -3.57. The van der Waals surface area contributed by atoms with Gasteiger partial charge in [-0.05, 0) is 32.4 Å². The van der Waals surface area contributed by atoms with Crippen LogP contribution in [0, 0.1) is 0 Å². The van der Waals surface area contributed by atoms with Crippen LogP contribution in [0.25, 0.3) is 0 Å². The quantitative estimate of drug-likeness (QED) is 0.692. The van der Waals surface area contributed by atoms with Crippen LogP contribution in [0.1, 0.15) is 32.3 Å². The number of carboxylic acids is 1. The van der Waals surface area contributed by atoms with E-state index in [-0.39, 0.29) is 42.2 Å². The number of hydrogen-bond donors (Lipinski definition) is 2. The van der Waals surface area contributed by atoms with Crippen LogP contribution in [0.4, 0.5) is 0 Å². The number of carbonyl (C=O) groups is 2. The standard InChI is InChI=1S/C16H21N3O5S/c1-11(2)19(10-15(21)22)14(20)8-5-9-17-16-12-6-3-4-7-13(12)25(23,24)18-16/h3-4,6-7,11H,5,8-10H2,1-2H3,(H,17,18)(H,21,22). The number of nitrogens with one attached hydrogen (secondary N) is 1. The van der Waals surface area contributed by atoms with Crippen LogP contribution in [-0.4, -0.2) is 55.3 Å². The number of aliphatic carboxylic acids is 1. The Bertz CT molecular complexity index is 802. The summed E-state index contributed by atoms with van der Waals surface area (Å²) in [7, 11) is -3.57. The van der Waals surface area contributed by atoms with Crippen molar-refractivity contribution in [2.24, 2.45) is 4.99 Å². The summed E-state index contributed by atoms with van der Waals surface area (Å²) in [6.45, 7) is 3.44. The average molecular weight is 367 g/mol. The van der Waals surface area contributed by atoms with Crippen LogP contribution >= 0.6 is 0 Å². The number of amides is 1. The summed E-state index contributed by atoms with van der Waals surface area (Å²) in [5.74, 6) is -1.04. The van der Waals surface area contributed by atoms with Gasteiger partial charge in [-0.25, -0.2) is 8.42 Å². The van der Waals surface area contributed by atoms with Gasteiger partial charge in [0.2, 0.25) is 5.91 Å². The molecule has 1 heterocycles. The number of amidine groups is 1. The molecule has 1 aromatic carbocycles. The lowest BCUT2D eigenvalue weighted by atomic mass is 10.2. The Morgan fingerprint density at radius 1 is 1.28 bits per heavy atom. The molecular weight excluding hydrogens is 346 g/mol. The molecule has 2 rings (SSSR count). The van der Waals surface area contributed by atoms with E-state index in [1.54, 1.807) is 32.0 Å². The van der Waals surface area contributed by atoms with E-state index in [2.05, 4.69) is 9.71 Å². The van der Waals surface area contributed by atoms with E-state index >= 15 is 0 Å². The Morgan fingerprint density at radius 3 is 2.60 bits per heavy atom. The zero-order chi connectivity index (χ0) is 18.6. The molecule has 136 valence electrons. The van der Waals surface area contributed by atoms with E-state index in [1.807, 2.05) is 0 Å². The summed E-state index contributed by atoms with van der Waals surface area (Å²) >= 11 is 0. The van der Waals surface area contributed by atoms with Gasteiger partial charge in [-0.2, -0.15) is 0 Å². The van der Waals surface area contributed by atoms with Crippen LogP contribution in [0.2, 0.25) is 0 Å². The lowest BCUT2D eigenvalue weighted by Crippen LogP contribution is -2.40. The fourth-order valence-corrected chi connectivity index (χ4v) is 3.77. The third-order valence-corrected chi connectivity index (χ3v) is 5.13. The second-order valence-electron chi connectivity index (χ2n) is 5.94. The van der Waals surface area contributed by atoms with E-state index < -0.39 is 16.0 Å². The highest BCUT2D eigenvalue weighted by molar-refractivity contribution is 7.90. The van der Waals surface area contributed by atoms with Gasteiger partial charge in [-0.15, -0.1) is 0 Å². The van der Waals surface area contributed by atoms with E-state index in [9.17, 15) is 18.0 Å². The second kappa shape index (κ2) is 7.64. The SMILES string of the molecule is CC(C)N(CC(=O)O)C(=O)CCCN=C1NS(=O)(=O)c2ccccc21. The highest BCUT2D eigenvalue weighted by atomic mass is 32.2. The summed E-state index contributed by atoms with van der Waals surface area (Å²) in [4.78, 5) is 28.7. The lowest BCUT2D eigenvalue weighted by Gasteiger charge is -2.24. The van der Waals surface area contributed by atoms with Crippen LogP contribution in [-0.2, 0) is 19.6 Å². The molecule has 1 aromatic rings. The molecule has 0 radical (unpaired) electrons. The Labute approximate surface area is 146 Å². The molecule has 1 aliphatic rings. The molecule has 0 aromatic heterocycles. The average Bonchev–Trinajstić information content (AvgIpc) is 2.80. The maximum Gasteiger partial charge on any atom is 0.323 e. The number of carboxylic acid groups (broad SMARTS) is 1. The van der Waals surface area contributed by atoms with Gasteiger partial charge in [-0.3, -0.25) is 19.3 Å². The van der Waals surface area contributed by atoms with Crippen molar-refractivity contribution in [3.63, 3.8) is 0 Å². The Morgan fingerprint density at radius 2 is 1.96 bits per heavy atom. The van der Waals surface area contributed by atoms with Crippen molar-refractivity contribution in [3.8, 4) is 0 Å². The molecule has 1 amide bonds. The van der Waals surface area contributed by atoms with Crippen molar-refractivity contribution < 1.29 is 23.1 Å². The van der Waals surface area contributed by atoms with E-state index in [0.29, 0.717) is 12.0 Å². The lowest BCUT2D eigenvalue weighted by molar-refractivity contribution is -0.145. The fraction of sp³-hybridized carbons (Fsp3) is 0.438. The topological polar surface area (TPSA) is 116 Å². The molecule has 0 atom stereocenters. The van der Waals surface area contributed by atoms with Gasteiger partial charge in [0, 0.05) is 24.6 Å². The normalized spacial score (nSPS) is 16.5. The maximum atomic E-state index is 12.1. The largest absolute Gasteiger partial charge is 0.480 e. The Balaban J connectivity index is 1.96. The molecule has 0 spiro atoms. The first-order valence-electron chi connectivity index (χ1n) is 7.90. The van der Waals surface area contributed by atoms with Gasteiger partial charge < -0.3 is 10.0 Å². The number of sulfonamides is 1. The van der Waals surface area contributed by atoms with Gasteiger partial charge in [-0.1, -0.05) is 12.1 Å². The number of benzene rings is 1.